The van der Waals surface area contributed by atoms with Gasteiger partial charge in [0.25, 0.3) is 0 Å². The highest BCUT2D eigenvalue weighted by molar-refractivity contribution is 8.14. The minimum atomic E-state index is -0.103. The van der Waals surface area contributed by atoms with Gasteiger partial charge in [-0.15, -0.1) is 0 Å². The Morgan fingerprint density at radius 2 is 1.10 bits per heavy atom. The van der Waals surface area contributed by atoms with E-state index in [0.29, 0.717) is 6.42 Å². The summed E-state index contributed by atoms with van der Waals surface area (Å²) in [6, 6.07) is 0. The molecule has 0 heterocycles. The van der Waals surface area contributed by atoms with Gasteiger partial charge in [0.1, 0.15) is 11.6 Å². The van der Waals surface area contributed by atoms with E-state index in [9.17, 15) is 14.4 Å². The summed E-state index contributed by atoms with van der Waals surface area (Å²) in [4.78, 5) is 33.5. The van der Waals surface area contributed by atoms with Gasteiger partial charge in [0.05, 0.1) is 10.5 Å². The first-order valence-electron chi connectivity index (χ1n) is 12.2. The van der Waals surface area contributed by atoms with Gasteiger partial charge in [-0.05, 0) is 26.7 Å². The summed E-state index contributed by atoms with van der Waals surface area (Å²) in [5.41, 5.74) is 0. The number of hydrogen-bond donors (Lipinski definition) is 1. The molecule has 0 spiro atoms. The fourth-order valence-electron chi connectivity index (χ4n) is 3.02. The molecule has 0 rings (SSSR count). The van der Waals surface area contributed by atoms with Crippen molar-refractivity contribution in [2.75, 3.05) is 0 Å². The second-order valence-corrected chi connectivity index (χ2v) is 10.1. The Labute approximate surface area is 196 Å². The lowest BCUT2D eigenvalue weighted by Gasteiger charge is -2.11. The Balaban J connectivity index is 0. The van der Waals surface area contributed by atoms with Crippen molar-refractivity contribution in [3.63, 3.8) is 0 Å². The van der Waals surface area contributed by atoms with E-state index in [-0.39, 0.29) is 27.2 Å². The van der Waals surface area contributed by atoms with Crippen LogP contribution in [0.25, 0.3) is 0 Å². The van der Waals surface area contributed by atoms with Crippen LogP contribution in [0.3, 0.4) is 0 Å². The smallest absolute Gasteiger partial charge is 0.189 e. The second kappa shape index (κ2) is 23.4. The highest BCUT2D eigenvalue weighted by Gasteiger charge is 2.17. The molecule has 178 valence electrons. The fraction of sp³-hybridized carbons (Fsp3) is 0.880. The quantitative estimate of drug-likeness (QED) is 0.166. The van der Waals surface area contributed by atoms with Gasteiger partial charge in [-0.25, -0.2) is 0 Å². The first-order valence-corrected chi connectivity index (χ1v) is 13.6. The minimum Gasteiger partial charge on any atom is -0.299 e. The molecule has 3 nitrogen and oxygen atoms in total. The number of Topliss-reactive ketones (excluding diaryl/α,β-unsaturated/α-hetero) is 2. The summed E-state index contributed by atoms with van der Waals surface area (Å²) in [5, 5.41) is 0.0102. The van der Waals surface area contributed by atoms with Crippen LogP contribution in [0, 0.1) is 0 Å². The maximum absolute atomic E-state index is 11.4. The third kappa shape index (κ3) is 22.4. The van der Waals surface area contributed by atoms with Crippen LogP contribution in [0.5, 0.6) is 0 Å². The number of carbonyl (C=O) groups is 3. The Hall–Kier alpha value is -0.290. The van der Waals surface area contributed by atoms with E-state index in [2.05, 4.69) is 26.5 Å². The molecule has 0 aromatic carbocycles. The summed E-state index contributed by atoms with van der Waals surface area (Å²) in [6.45, 7) is 9.49. The average molecular weight is 461 g/mol. The van der Waals surface area contributed by atoms with E-state index < -0.39 is 0 Å². The van der Waals surface area contributed by atoms with Crippen LogP contribution in [0.1, 0.15) is 131 Å². The van der Waals surface area contributed by atoms with Crippen LogP contribution in [-0.4, -0.2) is 27.2 Å². The predicted octanol–water partition coefficient (Wildman–Crippen LogP) is 7.99. The molecule has 0 amide bonds. The largest absolute Gasteiger partial charge is 0.299 e. The van der Waals surface area contributed by atoms with E-state index in [1.807, 2.05) is 6.92 Å². The van der Waals surface area contributed by atoms with E-state index in [1.165, 1.54) is 76.0 Å². The number of hydrogen-bond acceptors (Lipinski definition) is 5. The van der Waals surface area contributed by atoms with Crippen LogP contribution in [-0.2, 0) is 14.4 Å². The molecule has 30 heavy (non-hydrogen) atoms. The lowest BCUT2D eigenvalue weighted by Crippen LogP contribution is -2.15. The summed E-state index contributed by atoms with van der Waals surface area (Å²) < 4.78 is 0. The number of thiol groups is 1. The molecule has 0 bridgehead atoms. The van der Waals surface area contributed by atoms with Crippen molar-refractivity contribution in [3.05, 3.63) is 0 Å². The van der Waals surface area contributed by atoms with Gasteiger partial charge in [-0.3, -0.25) is 14.4 Å². The number of ketones is 2. The van der Waals surface area contributed by atoms with Crippen LogP contribution >= 0.6 is 24.4 Å². The highest BCUT2D eigenvalue weighted by Crippen LogP contribution is 2.21. The molecular weight excluding hydrogens is 412 g/mol. The van der Waals surface area contributed by atoms with E-state index in [1.54, 1.807) is 13.8 Å². The zero-order valence-corrected chi connectivity index (χ0v) is 22.1. The molecule has 0 aliphatic rings. The first kappa shape index (κ1) is 31.9. The standard InChI is InChI=1S/C14H26O2S.C11H22OS/c1-4-6-7-8-9-10-11-13(12(3)15)17-14(16)5-2;1-3-4-5-6-7-8-9-11(13)10(2)12/h13H,4-11H2,1-3H3;11,13H,3-9H2,1-2H3. The maximum Gasteiger partial charge on any atom is 0.189 e. The lowest BCUT2D eigenvalue weighted by atomic mass is 10.1. The highest BCUT2D eigenvalue weighted by atomic mass is 32.2. The van der Waals surface area contributed by atoms with Gasteiger partial charge >= 0.3 is 0 Å². The molecule has 0 saturated carbocycles. The topological polar surface area (TPSA) is 51.2 Å². The van der Waals surface area contributed by atoms with E-state index in [0.717, 1.165) is 25.7 Å². The van der Waals surface area contributed by atoms with Crippen molar-refractivity contribution in [1.82, 2.24) is 0 Å². The Morgan fingerprint density at radius 3 is 1.50 bits per heavy atom. The van der Waals surface area contributed by atoms with Gasteiger partial charge in [-0.1, -0.05) is 110 Å². The number of carbonyl (C=O) groups excluding carboxylic acids is 3. The molecule has 0 fully saturated rings. The van der Waals surface area contributed by atoms with Crippen LogP contribution < -0.4 is 0 Å². The van der Waals surface area contributed by atoms with Gasteiger partial charge < -0.3 is 0 Å². The molecule has 0 saturated heterocycles. The fourth-order valence-corrected chi connectivity index (χ4v) is 4.14. The van der Waals surface area contributed by atoms with Crippen molar-refractivity contribution >= 4 is 41.1 Å². The van der Waals surface area contributed by atoms with Gasteiger partial charge in [0.2, 0.25) is 0 Å². The van der Waals surface area contributed by atoms with E-state index in [4.69, 9.17) is 0 Å². The zero-order valence-electron chi connectivity index (χ0n) is 20.3. The molecule has 0 radical (unpaired) electrons. The summed E-state index contributed by atoms with van der Waals surface area (Å²) >= 11 is 5.45. The van der Waals surface area contributed by atoms with Crippen molar-refractivity contribution in [1.29, 1.82) is 0 Å². The summed E-state index contributed by atoms with van der Waals surface area (Å²) in [5.74, 6) is 0.349. The molecule has 0 aliphatic heterocycles. The van der Waals surface area contributed by atoms with Gasteiger partial charge in [0, 0.05) is 6.42 Å². The second-order valence-electron chi connectivity index (χ2n) is 8.18. The van der Waals surface area contributed by atoms with Crippen molar-refractivity contribution in [2.45, 2.75) is 141 Å². The molecule has 0 aromatic rings. The molecule has 2 atom stereocenters. The van der Waals surface area contributed by atoms with Gasteiger partial charge in [0.15, 0.2) is 5.12 Å². The van der Waals surface area contributed by atoms with Crippen molar-refractivity contribution in [3.8, 4) is 0 Å². The Bertz CT molecular complexity index is 438. The Morgan fingerprint density at radius 1 is 0.667 bits per heavy atom. The monoisotopic (exact) mass is 460 g/mol. The molecule has 0 N–H and O–H groups in total. The molecule has 0 aromatic heterocycles. The third-order valence-corrected chi connectivity index (χ3v) is 7.16. The number of rotatable bonds is 18. The van der Waals surface area contributed by atoms with Crippen LogP contribution in [0.4, 0.5) is 0 Å². The van der Waals surface area contributed by atoms with Crippen LogP contribution in [0.15, 0.2) is 0 Å². The molecular formula is C25H48O3S2. The normalized spacial score (nSPS) is 12.6. The molecule has 5 heteroatoms. The zero-order chi connectivity index (χ0) is 23.2. The Kier molecular flexibility index (Phi) is 24.8. The summed E-state index contributed by atoms with van der Waals surface area (Å²) in [6.07, 6.45) is 17.4. The minimum absolute atomic E-state index is 0.0221. The predicted molar refractivity (Wildman–Crippen MR) is 137 cm³/mol. The SMILES string of the molecule is CCCCCCCCC(S)C(C)=O.CCCCCCCCC(SC(=O)CC)C(C)=O. The van der Waals surface area contributed by atoms with E-state index >= 15 is 0 Å². The summed E-state index contributed by atoms with van der Waals surface area (Å²) in [7, 11) is 0. The lowest BCUT2D eigenvalue weighted by molar-refractivity contribution is -0.117. The number of thioether (sulfide) groups is 1. The van der Waals surface area contributed by atoms with Crippen molar-refractivity contribution in [2.24, 2.45) is 0 Å². The average Bonchev–Trinajstić information content (AvgIpc) is 2.72. The van der Waals surface area contributed by atoms with Crippen LogP contribution in [0.2, 0.25) is 0 Å². The van der Waals surface area contributed by atoms with Gasteiger partial charge in [-0.2, -0.15) is 12.6 Å². The number of unbranched alkanes of at least 4 members (excludes halogenated alkanes) is 10. The maximum atomic E-state index is 11.4. The first-order chi connectivity index (χ1) is 14.3. The van der Waals surface area contributed by atoms with Crippen molar-refractivity contribution < 1.29 is 14.4 Å². The molecule has 0 aliphatic carbocycles. The third-order valence-electron chi connectivity index (χ3n) is 5.14. The molecule has 2 unspecified atom stereocenters.